The lowest BCUT2D eigenvalue weighted by molar-refractivity contribution is -0.129. The van der Waals surface area contributed by atoms with Crippen LogP contribution in [-0.2, 0) is 4.79 Å². The van der Waals surface area contributed by atoms with E-state index >= 15 is 0 Å². The summed E-state index contributed by atoms with van der Waals surface area (Å²) in [5, 5.41) is 4.34. The maximum Gasteiger partial charge on any atom is 0.240 e. The van der Waals surface area contributed by atoms with Gasteiger partial charge in [-0.1, -0.05) is 29.8 Å². The molecule has 3 heteroatoms. The minimum atomic E-state index is 0.100. The lowest BCUT2D eigenvalue weighted by Gasteiger charge is -2.56. The number of hydrogen-bond acceptors (Lipinski definition) is 2. The molecular formula is C21H28N2O. The van der Waals surface area contributed by atoms with Crippen molar-refractivity contribution in [3.8, 4) is 0 Å². The predicted octanol–water partition coefficient (Wildman–Crippen LogP) is 4.44. The van der Waals surface area contributed by atoms with Gasteiger partial charge in [0.1, 0.15) is 0 Å². The lowest BCUT2D eigenvalue weighted by atomic mass is 9.49. The van der Waals surface area contributed by atoms with Crippen molar-refractivity contribution in [1.29, 1.82) is 0 Å². The fourth-order valence-corrected chi connectivity index (χ4v) is 5.89. The summed E-state index contributed by atoms with van der Waals surface area (Å²) < 4.78 is 0. The van der Waals surface area contributed by atoms with Crippen LogP contribution in [0, 0.1) is 30.1 Å². The van der Waals surface area contributed by atoms with Crippen LogP contribution in [0.15, 0.2) is 29.4 Å². The summed E-state index contributed by atoms with van der Waals surface area (Å²) in [6.45, 7) is 4.03. The van der Waals surface area contributed by atoms with Gasteiger partial charge in [-0.15, -0.1) is 0 Å². The molecule has 0 atom stereocenters. The van der Waals surface area contributed by atoms with E-state index in [0.29, 0.717) is 6.42 Å². The van der Waals surface area contributed by atoms with E-state index in [-0.39, 0.29) is 11.3 Å². The summed E-state index contributed by atoms with van der Waals surface area (Å²) in [7, 11) is 0. The normalized spacial score (nSPS) is 34.4. The Hall–Kier alpha value is -1.64. The molecule has 0 aliphatic heterocycles. The van der Waals surface area contributed by atoms with E-state index in [1.807, 2.05) is 6.92 Å². The summed E-state index contributed by atoms with van der Waals surface area (Å²) >= 11 is 0. The summed E-state index contributed by atoms with van der Waals surface area (Å²) in [6, 6.07) is 8.26. The first-order chi connectivity index (χ1) is 11.5. The SMILES string of the molecule is C/C(=N/NC(=O)CC12CC3CC(CC(C3)C1)C2)c1ccc(C)cc1. The molecule has 0 aromatic heterocycles. The minimum absolute atomic E-state index is 0.100. The average molecular weight is 324 g/mol. The smallest absolute Gasteiger partial charge is 0.240 e. The molecule has 4 fully saturated rings. The highest BCUT2D eigenvalue weighted by atomic mass is 16.2. The number of rotatable bonds is 4. The van der Waals surface area contributed by atoms with Crippen molar-refractivity contribution in [3.05, 3.63) is 35.4 Å². The number of amides is 1. The van der Waals surface area contributed by atoms with Crippen LogP contribution in [0.1, 0.15) is 63.0 Å². The lowest BCUT2D eigenvalue weighted by Crippen LogP contribution is -2.47. The van der Waals surface area contributed by atoms with Gasteiger partial charge in [0.15, 0.2) is 0 Å². The first kappa shape index (κ1) is 15.9. The van der Waals surface area contributed by atoms with E-state index in [1.54, 1.807) is 0 Å². The maximum atomic E-state index is 12.5. The molecule has 128 valence electrons. The van der Waals surface area contributed by atoms with Crippen LogP contribution in [0.5, 0.6) is 0 Å². The second-order valence-electron chi connectivity index (χ2n) is 8.69. The van der Waals surface area contributed by atoms with Gasteiger partial charge in [-0.25, -0.2) is 5.43 Å². The fourth-order valence-electron chi connectivity index (χ4n) is 5.89. The van der Waals surface area contributed by atoms with Gasteiger partial charge >= 0.3 is 0 Å². The van der Waals surface area contributed by atoms with Gasteiger partial charge in [-0.2, -0.15) is 5.10 Å². The first-order valence-electron chi connectivity index (χ1n) is 9.41. The van der Waals surface area contributed by atoms with E-state index in [1.165, 1.54) is 44.1 Å². The van der Waals surface area contributed by atoms with Crippen molar-refractivity contribution < 1.29 is 4.79 Å². The maximum absolute atomic E-state index is 12.5. The first-order valence-corrected chi connectivity index (χ1v) is 9.41. The van der Waals surface area contributed by atoms with Crippen LogP contribution < -0.4 is 5.43 Å². The van der Waals surface area contributed by atoms with Crippen molar-refractivity contribution in [3.63, 3.8) is 0 Å². The Kier molecular flexibility index (Phi) is 3.98. The molecule has 3 nitrogen and oxygen atoms in total. The van der Waals surface area contributed by atoms with E-state index in [0.717, 1.165) is 29.0 Å². The topological polar surface area (TPSA) is 41.5 Å². The number of carbonyl (C=O) groups is 1. The van der Waals surface area contributed by atoms with E-state index in [9.17, 15) is 4.79 Å². The average Bonchev–Trinajstić information content (AvgIpc) is 2.51. The van der Waals surface area contributed by atoms with Gasteiger partial charge < -0.3 is 0 Å². The Balaban J connectivity index is 1.38. The van der Waals surface area contributed by atoms with Crippen molar-refractivity contribution >= 4 is 11.6 Å². The highest BCUT2D eigenvalue weighted by molar-refractivity contribution is 5.99. The Morgan fingerprint density at radius 1 is 1.08 bits per heavy atom. The van der Waals surface area contributed by atoms with E-state index in [4.69, 9.17) is 0 Å². The molecule has 4 aliphatic carbocycles. The molecule has 1 aromatic carbocycles. The predicted molar refractivity (Wildman–Crippen MR) is 96.8 cm³/mol. The van der Waals surface area contributed by atoms with Crippen LogP contribution >= 0.6 is 0 Å². The third kappa shape index (κ3) is 3.13. The van der Waals surface area contributed by atoms with Crippen molar-refractivity contribution in [2.75, 3.05) is 0 Å². The molecule has 1 N–H and O–H groups in total. The van der Waals surface area contributed by atoms with Gasteiger partial charge in [-0.3, -0.25) is 4.79 Å². The summed E-state index contributed by atoms with van der Waals surface area (Å²) in [5.41, 5.74) is 6.27. The monoisotopic (exact) mass is 324 g/mol. The Morgan fingerprint density at radius 3 is 2.17 bits per heavy atom. The number of benzene rings is 1. The largest absolute Gasteiger partial charge is 0.273 e. The fraction of sp³-hybridized carbons (Fsp3) is 0.619. The summed E-state index contributed by atoms with van der Waals surface area (Å²) in [4.78, 5) is 12.5. The second-order valence-corrected chi connectivity index (χ2v) is 8.69. The van der Waals surface area contributed by atoms with Gasteiger partial charge in [0.2, 0.25) is 5.91 Å². The molecule has 0 unspecified atom stereocenters. The molecule has 1 amide bonds. The molecule has 24 heavy (non-hydrogen) atoms. The molecule has 0 saturated heterocycles. The third-order valence-electron chi connectivity index (χ3n) is 6.52. The molecule has 1 aromatic rings. The van der Waals surface area contributed by atoms with Crippen molar-refractivity contribution in [2.24, 2.45) is 28.3 Å². The zero-order valence-corrected chi connectivity index (χ0v) is 14.8. The molecule has 0 heterocycles. The quantitative estimate of drug-likeness (QED) is 0.645. The standard InChI is InChI=1S/C21H28N2O/c1-14-3-5-19(6-4-14)15(2)22-23-20(24)13-21-10-16-7-17(11-21)9-18(8-16)12-21/h3-6,16-18H,7-13H2,1-2H3,(H,23,24)/b22-15-. The molecule has 0 spiro atoms. The van der Waals surface area contributed by atoms with Crippen LogP contribution in [-0.4, -0.2) is 11.6 Å². The van der Waals surface area contributed by atoms with Crippen LogP contribution in [0.25, 0.3) is 0 Å². The van der Waals surface area contributed by atoms with Crippen LogP contribution in [0.2, 0.25) is 0 Å². The van der Waals surface area contributed by atoms with Gasteiger partial charge in [0, 0.05) is 6.42 Å². The summed E-state index contributed by atoms with van der Waals surface area (Å²) in [6.07, 6.45) is 8.75. The molecule has 4 saturated carbocycles. The number of hydrazone groups is 1. The number of aryl methyl sites for hydroxylation is 1. The second kappa shape index (κ2) is 6.02. The Morgan fingerprint density at radius 2 is 1.62 bits per heavy atom. The molecule has 4 bridgehead atoms. The Bertz CT molecular complexity index is 624. The Labute approximate surface area is 144 Å². The zero-order valence-electron chi connectivity index (χ0n) is 14.8. The van der Waals surface area contributed by atoms with Crippen molar-refractivity contribution in [2.45, 2.75) is 58.8 Å². The van der Waals surface area contributed by atoms with E-state index < -0.39 is 0 Å². The molecular weight excluding hydrogens is 296 g/mol. The molecule has 0 radical (unpaired) electrons. The molecule has 5 rings (SSSR count). The van der Waals surface area contributed by atoms with Gasteiger partial charge in [0.25, 0.3) is 0 Å². The van der Waals surface area contributed by atoms with Crippen LogP contribution in [0.4, 0.5) is 0 Å². The number of nitrogens with zero attached hydrogens (tertiary/aromatic N) is 1. The van der Waals surface area contributed by atoms with Crippen LogP contribution in [0.3, 0.4) is 0 Å². The zero-order chi connectivity index (χ0) is 16.7. The van der Waals surface area contributed by atoms with Crippen molar-refractivity contribution in [1.82, 2.24) is 5.43 Å². The van der Waals surface area contributed by atoms with Gasteiger partial charge in [0.05, 0.1) is 5.71 Å². The number of carbonyl (C=O) groups excluding carboxylic acids is 1. The van der Waals surface area contributed by atoms with Gasteiger partial charge in [-0.05, 0) is 81.1 Å². The highest BCUT2D eigenvalue weighted by Gasteiger charge is 2.51. The van der Waals surface area contributed by atoms with E-state index in [2.05, 4.69) is 41.7 Å². The third-order valence-corrected chi connectivity index (χ3v) is 6.52. The highest BCUT2D eigenvalue weighted by Crippen LogP contribution is 2.61. The molecule has 4 aliphatic rings. The number of hydrogen-bond donors (Lipinski definition) is 1. The number of nitrogens with one attached hydrogen (secondary N) is 1. The summed E-state index contributed by atoms with van der Waals surface area (Å²) in [5.74, 6) is 2.77. The minimum Gasteiger partial charge on any atom is -0.273 e.